The van der Waals surface area contributed by atoms with Crippen LogP contribution in [-0.2, 0) is 10.0 Å². The van der Waals surface area contributed by atoms with Crippen LogP contribution in [0.1, 0.15) is 5.56 Å². The highest BCUT2D eigenvalue weighted by molar-refractivity contribution is 7.93. The molecule has 0 spiro atoms. The van der Waals surface area contributed by atoms with E-state index >= 15 is 0 Å². The second-order valence-electron chi connectivity index (χ2n) is 5.18. The Labute approximate surface area is 129 Å². The number of benzene rings is 3. The predicted molar refractivity (Wildman–Crippen MR) is 90.3 cm³/mol. The molecule has 0 atom stereocenters. The zero-order valence-corrected chi connectivity index (χ0v) is 12.9. The van der Waals surface area contributed by atoms with Gasteiger partial charge in [0.25, 0.3) is 10.0 Å². The summed E-state index contributed by atoms with van der Waals surface area (Å²) >= 11 is 0. The summed E-state index contributed by atoms with van der Waals surface area (Å²) in [5, 5.41) is 1.47. The van der Waals surface area contributed by atoms with E-state index in [0.29, 0.717) is 11.1 Å². The lowest BCUT2D eigenvalue weighted by molar-refractivity contribution is 0.602. The number of para-hydroxylation sites is 1. The minimum Gasteiger partial charge on any atom is -0.398 e. The zero-order valence-electron chi connectivity index (χ0n) is 12.1. The molecule has 0 heterocycles. The molecule has 0 aliphatic rings. The first kappa shape index (κ1) is 14.4. The maximum atomic E-state index is 12.7. The number of nitrogen functional groups attached to an aromatic ring is 1. The molecule has 0 fully saturated rings. The van der Waals surface area contributed by atoms with Crippen molar-refractivity contribution in [3.63, 3.8) is 0 Å². The standard InChI is InChI=1S/C17H16N2O2S/c1-12-7-9-15-13(11-12)8-10-16(18)17(15)22(20,21)19-14-5-3-2-4-6-14/h2-11,19H,18H2,1H3. The van der Waals surface area contributed by atoms with Crippen LogP contribution in [0.4, 0.5) is 11.4 Å². The second kappa shape index (κ2) is 5.35. The molecule has 0 aromatic heterocycles. The van der Waals surface area contributed by atoms with Crippen LogP contribution >= 0.6 is 0 Å². The lowest BCUT2D eigenvalue weighted by Crippen LogP contribution is -2.15. The van der Waals surface area contributed by atoms with Gasteiger partial charge in [-0.1, -0.05) is 48.0 Å². The monoisotopic (exact) mass is 312 g/mol. The summed E-state index contributed by atoms with van der Waals surface area (Å²) in [4.78, 5) is 0.119. The Hall–Kier alpha value is -2.53. The van der Waals surface area contributed by atoms with Crippen LogP contribution in [-0.4, -0.2) is 8.42 Å². The molecule has 3 N–H and O–H groups in total. The Morgan fingerprint density at radius 1 is 0.955 bits per heavy atom. The normalized spacial score (nSPS) is 11.5. The Morgan fingerprint density at radius 3 is 2.41 bits per heavy atom. The Bertz CT molecular complexity index is 936. The van der Waals surface area contributed by atoms with Crippen molar-refractivity contribution in [1.82, 2.24) is 0 Å². The van der Waals surface area contributed by atoms with Crippen LogP contribution < -0.4 is 10.5 Å². The third-order valence-corrected chi connectivity index (χ3v) is 4.95. The van der Waals surface area contributed by atoms with Gasteiger partial charge in [-0.3, -0.25) is 4.72 Å². The third-order valence-electron chi connectivity index (χ3n) is 3.45. The SMILES string of the molecule is Cc1ccc2c(S(=O)(=O)Nc3ccccc3)c(N)ccc2c1. The highest BCUT2D eigenvalue weighted by Gasteiger charge is 2.20. The summed E-state index contributed by atoms with van der Waals surface area (Å²) in [5.74, 6) is 0. The van der Waals surface area contributed by atoms with Gasteiger partial charge >= 0.3 is 0 Å². The lowest BCUT2D eigenvalue weighted by Gasteiger charge is -2.13. The molecule has 3 aromatic rings. The van der Waals surface area contributed by atoms with Gasteiger partial charge in [0.1, 0.15) is 4.90 Å². The fourth-order valence-corrected chi connectivity index (χ4v) is 3.85. The average molecular weight is 312 g/mol. The first-order valence-corrected chi connectivity index (χ1v) is 8.32. The van der Waals surface area contributed by atoms with E-state index in [1.165, 1.54) is 0 Å². The number of hydrogen-bond donors (Lipinski definition) is 2. The Balaban J connectivity index is 2.18. The molecule has 5 heteroatoms. The van der Waals surface area contributed by atoms with Gasteiger partial charge in [-0.05, 0) is 30.5 Å². The number of aryl methyl sites for hydroxylation is 1. The molecule has 0 saturated carbocycles. The van der Waals surface area contributed by atoms with Crippen molar-refractivity contribution in [2.24, 2.45) is 0 Å². The Kier molecular flexibility index (Phi) is 3.50. The minimum atomic E-state index is -3.76. The van der Waals surface area contributed by atoms with Crippen LogP contribution in [0.15, 0.2) is 65.6 Å². The topological polar surface area (TPSA) is 72.2 Å². The molecule has 22 heavy (non-hydrogen) atoms. The van der Waals surface area contributed by atoms with Gasteiger partial charge in [-0.25, -0.2) is 8.42 Å². The molecule has 0 aliphatic carbocycles. The van der Waals surface area contributed by atoms with Crippen molar-refractivity contribution in [2.45, 2.75) is 11.8 Å². The van der Waals surface area contributed by atoms with E-state index in [4.69, 9.17) is 5.73 Å². The van der Waals surface area contributed by atoms with E-state index in [2.05, 4.69) is 4.72 Å². The molecule has 0 radical (unpaired) electrons. The fourth-order valence-electron chi connectivity index (χ4n) is 2.45. The highest BCUT2D eigenvalue weighted by atomic mass is 32.2. The van der Waals surface area contributed by atoms with E-state index in [1.54, 1.807) is 36.4 Å². The van der Waals surface area contributed by atoms with Crippen molar-refractivity contribution < 1.29 is 8.42 Å². The van der Waals surface area contributed by atoms with Crippen molar-refractivity contribution >= 4 is 32.2 Å². The van der Waals surface area contributed by atoms with Gasteiger partial charge in [0.2, 0.25) is 0 Å². The fraction of sp³-hybridized carbons (Fsp3) is 0.0588. The molecule has 4 nitrogen and oxygen atoms in total. The minimum absolute atomic E-state index is 0.119. The molecule has 0 aliphatic heterocycles. The molecule has 0 amide bonds. The number of nitrogens with one attached hydrogen (secondary N) is 1. The number of sulfonamides is 1. The van der Waals surface area contributed by atoms with E-state index < -0.39 is 10.0 Å². The van der Waals surface area contributed by atoms with Crippen molar-refractivity contribution in [3.05, 3.63) is 66.2 Å². The second-order valence-corrected chi connectivity index (χ2v) is 6.80. The van der Waals surface area contributed by atoms with Gasteiger partial charge in [-0.15, -0.1) is 0 Å². The molecule has 112 valence electrons. The van der Waals surface area contributed by atoms with E-state index in [9.17, 15) is 8.42 Å². The maximum absolute atomic E-state index is 12.7. The summed E-state index contributed by atoms with van der Waals surface area (Å²) in [6, 6.07) is 17.8. The highest BCUT2D eigenvalue weighted by Crippen LogP contribution is 2.30. The summed E-state index contributed by atoms with van der Waals surface area (Å²) in [5.41, 5.74) is 7.75. The van der Waals surface area contributed by atoms with Crippen molar-refractivity contribution in [1.29, 1.82) is 0 Å². The molecule has 0 bridgehead atoms. The van der Waals surface area contributed by atoms with Crippen LogP contribution in [0, 0.1) is 6.92 Å². The largest absolute Gasteiger partial charge is 0.398 e. The van der Waals surface area contributed by atoms with Crippen LogP contribution in [0.3, 0.4) is 0 Å². The Morgan fingerprint density at radius 2 is 1.68 bits per heavy atom. The van der Waals surface area contributed by atoms with Gasteiger partial charge in [0.15, 0.2) is 0 Å². The van der Waals surface area contributed by atoms with Crippen LogP contribution in [0.2, 0.25) is 0 Å². The van der Waals surface area contributed by atoms with Crippen molar-refractivity contribution in [3.8, 4) is 0 Å². The smallest absolute Gasteiger partial charge is 0.264 e. The zero-order chi connectivity index (χ0) is 15.7. The average Bonchev–Trinajstić information content (AvgIpc) is 2.47. The molecular formula is C17H16N2O2S. The predicted octanol–water partition coefficient (Wildman–Crippen LogP) is 3.53. The molecular weight excluding hydrogens is 296 g/mol. The van der Waals surface area contributed by atoms with Crippen LogP contribution in [0.25, 0.3) is 10.8 Å². The first-order chi connectivity index (χ1) is 10.5. The van der Waals surface area contributed by atoms with Crippen molar-refractivity contribution in [2.75, 3.05) is 10.5 Å². The lowest BCUT2D eigenvalue weighted by atomic mass is 10.1. The van der Waals surface area contributed by atoms with E-state index in [0.717, 1.165) is 10.9 Å². The third kappa shape index (κ3) is 2.63. The molecule has 3 rings (SSSR count). The van der Waals surface area contributed by atoms with E-state index in [-0.39, 0.29) is 10.6 Å². The first-order valence-electron chi connectivity index (χ1n) is 6.84. The number of anilines is 2. The van der Waals surface area contributed by atoms with Gasteiger partial charge in [-0.2, -0.15) is 0 Å². The van der Waals surface area contributed by atoms with Crippen LogP contribution in [0.5, 0.6) is 0 Å². The summed E-state index contributed by atoms with van der Waals surface area (Å²) in [7, 11) is -3.76. The quantitative estimate of drug-likeness (QED) is 0.727. The maximum Gasteiger partial charge on any atom is 0.264 e. The molecule has 0 saturated heterocycles. The number of nitrogens with two attached hydrogens (primary N) is 1. The van der Waals surface area contributed by atoms with Gasteiger partial charge in [0.05, 0.1) is 5.69 Å². The number of rotatable bonds is 3. The number of fused-ring (bicyclic) bond motifs is 1. The summed E-state index contributed by atoms with van der Waals surface area (Å²) < 4.78 is 28.0. The summed E-state index contributed by atoms with van der Waals surface area (Å²) in [6.45, 7) is 1.96. The molecule has 0 unspecified atom stereocenters. The number of hydrogen-bond acceptors (Lipinski definition) is 3. The van der Waals surface area contributed by atoms with Gasteiger partial charge < -0.3 is 5.73 Å². The van der Waals surface area contributed by atoms with Gasteiger partial charge in [0, 0.05) is 11.1 Å². The summed E-state index contributed by atoms with van der Waals surface area (Å²) in [6.07, 6.45) is 0. The molecule has 3 aromatic carbocycles. The van der Waals surface area contributed by atoms with E-state index in [1.807, 2.05) is 31.2 Å².